The molecule has 0 aliphatic carbocycles. The second-order valence-corrected chi connectivity index (χ2v) is 11.0. The first kappa shape index (κ1) is 25.9. The number of para-hydroxylation sites is 1. The van der Waals surface area contributed by atoms with Crippen molar-refractivity contribution in [3.63, 3.8) is 0 Å². The lowest BCUT2D eigenvalue weighted by molar-refractivity contribution is 0.532. The van der Waals surface area contributed by atoms with Crippen LogP contribution < -0.4 is 10.2 Å². The zero-order chi connectivity index (χ0) is 29.3. The number of fused-ring (bicyclic) bond motifs is 3. The standard InChI is InChI=1S/C41H30N2O/c1-3-10-29(11-4-1)31-18-20-33(21-19-31)35-14-7-8-15-37(35)43(34-24-22-32(23-25-34)30-12-5-2-6-13-30)38-16-9-17-39-41(38)36-26-27-42-28-40(36)44-39/h1-27,42H,28H2. The van der Waals surface area contributed by atoms with Crippen molar-refractivity contribution in [3.8, 4) is 33.4 Å². The summed E-state index contributed by atoms with van der Waals surface area (Å²) in [5.41, 5.74) is 12.4. The van der Waals surface area contributed by atoms with E-state index in [-0.39, 0.29) is 0 Å². The first-order valence-corrected chi connectivity index (χ1v) is 15.0. The molecule has 0 saturated heterocycles. The van der Waals surface area contributed by atoms with Crippen molar-refractivity contribution in [1.82, 2.24) is 5.32 Å². The van der Waals surface area contributed by atoms with Crippen LogP contribution in [0.2, 0.25) is 0 Å². The lowest BCUT2D eigenvalue weighted by Crippen LogP contribution is -2.12. The summed E-state index contributed by atoms with van der Waals surface area (Å²) >= 11 is 0. The van der Waals surface area contributed by atoms with Crippen LogP contribution in [0.4, 0.5) is 17.1 Å². The maximum absolute atomic E-state index is 6.36. The lowest BCUT2D eigenvalue weighted by Gasteiger charge is -2.29. The molecule has 0 bridgehead atoms. The predicted octanol–water partition coefficient (Wildman–Crippen LogP) is 11.0. The van der Waals surface area contributed by atoms with Crippen molar-refractivity contribution in [2.45, 2.75) is 6.54 Å². The summed E-state index contributed by atoms with van der Waals surface area (Å²) in [7, 11) is 0. The second kappa shape index (κ2) is 11.1. The lowest BCUT2D eigenvalue weighted by atomic mass is 9.97. The van der Waals surface area contributed by atoms with E-state index in [1.807, 2.05) is 6.20 Å². The molecule has 0 radical (unpaired) electrons. The van der Waals surface area contributed by atoms with Crippen LogP contribution >= 0.6 is 0 Å². The van der Waals surface area contributed by atoms with E-state index in [9.17, 15) is 0 Å². The Kier molecular flexibility index (Phi) is 6.54. The Morgan fingerprint density at radius 2 is 1.07 bits per heavy atom. The highest BCUT2D eigenvalue weighted by Crippen LogP contribution is 2.46. The molecule has 1 aliphatic rings. The number of hydrogen-bond acceptors (Lipinski definition) is 3. The van der Waals surface area contributed by atoms with Crippen LogP contribution in [0, 0.1) is 0 Å². The zero-order valence-corrected chi connectivity index (χ0v) is 24.2. The third kappa shape index (κ3) is 4.65. The van der Waals surface area contributed by atoms with Gasteiger partial charge in [0.05, 0.1) is 23.3 Å². The number of nitrogens with one attached hydrogen (secondary N) is 1. The van der Waals surface area contributed by atoms with Crippen LogP contribution in [0.25, 0.3) is 50.4 Å². The Balaban J connectivity index is 1.31. The SMILES string of the molecule is C1=Cc2c(oc3cccc(N(c4ccc(-c5ccccc5)cc4)c4ccccc4-c4ccc(-c5ccccc5)cc4)c23)CN1. The molecule has 8 rings (SSSR count). The monoisotopic (exact) mass is 566 g/mol. The van der Waals surface area contributed by atoms with Gasteiger partial charge in [0.25, 0.3) is 0 Å². The van der Waals surface area contributed by atoms with E-state index >= 15 is 0 Å². The van der Waals surface area contributed by atoms with Crippen LogP contribution in [0.1, 0.15) is 11.3 Å². The molecule has 7 aromatic rings. The largest absolute Gasteiger partial charge is 0.458 e. The Morgan fingerprint density at radius 1 is 0.500 bits per heavy atom. The fourth-order valence-electron chi connectivity index (χ4n) is 6.22. The molecule has 3 nitrogen and oxygen atoms in total. The van der Waals surface area contributed by atoms with Gasteiger partial charge in [-0.05, 0) is 70.4 Å². The van der Waals surface area contributed by atoms with Crippen LogP contribution in [0.3, 0.4) is 0 Å². The van der Waals surface area contributed by atoms with Crippen molar-refractivity contribution >= 4 is 34.1 Å². The smallest absolute Gasteiger partial charge is 0.137 e. The van der Waals surface area contributed by atoms with Crippen LogP contribution in [-0.4, -0.2) is 0 Å². The van der Waals surface area contributed by atoms with E-state index < -0.39 is 0 Å². The van der Waals surface area contributed by atoms with Gasteiger partial charge in [0.15, 0.2) is 0 Å². The van der Waals surface area contributed by atoms with Gasteiger partial charge < -0.3 is 14.6 Å². The van der Waals surface area contributed by atoms with Gasteiger partial charge in [-0.1, -0.05) is 121 Å². The Morgan fingerprint density at radius 3 is 1.77 bits per heavy atom. The minimum Gasteiger partial charge on any atom is -0.458 e. The van der Waals surface area contributed by atoms with E-state index in [0.29, 0.717) is 6.54 Å². The van der Waals surface area contributed by atoms with E-state index in [0.717, 1.165) is 50.5 Å². The van der Waals surface area contributed by atoms with Gasteiger partial charge in [0.1, 0.15) is 11.3 Å². The van der Waals surface area contributed by atoms with Crippen molar-refractivity contribution in [1.29, 1.82) is 0 Å². The minimum absolute atomic E-state index is 0.677. The fraction of sp³-hybridized carbons (Fsp3) is 0.0244. The number of nitrogens with zero attached hydrogens (tertiary/aromatic N) is 1. The molecule has 0 saturated carbocycles. The number of anilines is 3. The maximum Gasteiger partial charge on any atom is 0.137 e. The topological polar surface area (TPSA) is 28.4 Å². The average molecular weight is 567 g/mol. The first-order chi connectivity index (χ1) is 21.8. The van der Waals surface area contributed by atoms with Gasteiger partial charge in [0, 0.05) is 16.8 Å². The van der Waals surface area contributed by atoms with Gasteiger partial charge in [-0.3, -0.25) is 0 Å². The Hall–Kier alpha value is -5.80. The van der Waals surface area contributed by atoms with Crippen molar-refractivity contribution in [2.75, 3.05) is 4.90 Å². The average Bonchev–Trinajstić information content (AvgIpc) is 3.49. The maximum atomic E-state index is 6.36. The van der Waals surface area contributed by atoms with E-state index in [1.165, 1.54) is 22.3 Å². The summed E-state index contributed by atoms with van der Waals surface area (Å²) in [5, 5.41) is 4.41. The molecular formula is C41H30N2O. The number of benzene rings is 6. The van der Waals surface area contributed by atoms with E-state index in [1.54, 1.807) is 0 Å². The molecular weight excluding hydrogens is 536 g/mol. The van der Waals surface area contributed by atoms with Gasteiger partial charge in [0.2, 0.25) is 0 Å². The third-order valence-corrected chi connectivity index (χ3v) is 8.36. The van der Waals surface area contributed by atoms with Crippen LogP contribution in [0.15, 0.2) is 162 Å². The van der Waals surface area contributed by atoms with E-state index in [4.69, 9.17) is 4.42 Å². The molecule has 1 aromatic heterocycles. The summed E-state index contributed by atoms with van der Waals surface area (Å²) in [6.45, 7) is 0.677. The summed E-state index contributed by atoms with van der Waals surface area (Å²) in [6, 6.07) is 53.8. The minimum atomic E-state index is 0.677. The second-order valence-electron chi connectivity index (χ2n) is 11.0. The van der Waals surface area contributed by atoms with E-state index in [2.05, 4.69) is 168 Å². The number of furan rings is 1. The summed E-state index contributed by atoms with van der Waals surface area (Å²) in [6.07, 6.45) is 4.13. The van der Waals surface area contributed by atoms with Crippen LogP contribution in [0.5, 0.6) is 0 Å². The molecule has 0 fully saturated rings. The summed E-state index contributed by atoms with van der Waals surface area (Å²) < 4.78 is 6.36. The Labute approximate surface area is 257 Å². The van der Waals surface area contributed by atoms with Crippen molar-refractivity contribution in [2.24, 2.45) is 0 Å². The highest BCUT2D eigenvalue weighted by atomic mass is 16.3. The summed E-state index contributed by atoms with van der Waals surface area (Å²) in [4.78, 5) is 2.38. The van der Waals surface area contributed by atoms with Gasteiger partial charge in [-0.2, -0.15) is 0 Å². The van der Waals surface area contributed by atoms with Gasteiger partial charge >= 0.3 is 0 Å². The molecule has 210 valence electrons. The summed E-state index contributed by atoms with van der Waals surface area (Å²) in [5.74, 6) is 0.958. The fourth-order valence-corrected chi connectivity index (χ4v) is 6.22. The number of hydrogen-bond donors (Lipinski definition) is 1. The third-order valence-electron chi connectivity index (χ3n) is 8.36. The van der Waals surface area contributed by atoms with Crippen molar-refractivity contribution in [3.05, 3.63) is 169 Å². The molecule has 2 heterocycles. The molecule has 44 heavy (non-hydrogen) atoms. The molecule has 1 aliphatic heterocycles. The highest BCUT2D eigenvalue weighted by Gasteiger charge is 2.24. The quantitative estimate of drug-likeness (QED) is 0.217. The predicted molar refractivity (Wildman–Crippen MR) is 183 cm³/mol. The Bertz CT molecular complexity index is 2090. The molecule has 0 spiro atoms. The first-order valence-electron chi connectivity index (χ1n) is 15.0. The molecule has 3 heteroatoms. The highest BCUT2D eigenvalue weighted by molar-refractivity contribution is 6.04. The molecule has 0 atom stereocenters. The zero-order valence-electron chi connectivity index (χ0n) is 24.2. The van der Waals surface area contributed by atoms with Crippen LogP contribution in [-0.2, 0) is 6.54 Å². The molecule has 0 amide bonds. The normalized spacial score (nSPS) is 12.1. The molecule has 6 aromatic carbocycles. The van der Waals surface area contributed by atoms with Gasteiger partial charge in [-0.25, -0.2) is 0 Å². The molecule has 0 unspecified atom stereocenters. The molecule has 1 N–H and O–H groups in total. The van der Waals surface area contributed by atoms with Gasteiger partial charge in [-0.15, -0.1) is 0 Å². The van der Waals surface area contributed by atoms with Crippen molar-refractivity contribution < 1.29 is 4.42 Å². The number of rotatable bonds is 6.